The quantitative estimate of drug-likeness (QED) is 0.720. The summed E-state index contributed by atoms with van der Waals surface area (Å²) in [5.74, 6) is 1.54. The van der Waals surface area contributed by atoms with E-state index in [1.165, 1.54) is 0 Å². The molecule has 0 fully saturated rings. The molecule has 0 saturated heterocycles. The number of nitrogens with zero attached hydrogens (tertiary/aromatic N) is 4. The standard InChI is InChI=1S/C18H20ClN5O/c1-4-18(2,20-14-7-11-16(25-3)12-8-14)17-21-22-23-24(17)15-9-5-13(19)6-10-15/h5-12,20H,4H2,1-3H3/t18-/m0/s1. The third kappa shape index (κ3) is 3.58. The topological polar surface area (TPSA) is 64.9 Å². The van der Waals surface area contributed by atoms with Gasteiger partial charge in [-0.05, 0) is 72.3 Å². The van der Waals surface area contributed by atoms with Crippen LogP contribution < -0.4 is 10.1 Å². The first-order valence-electron chi connectivity index (χ1n) is 8.03. The van der Waals surface area contributed by atoms with E-state index in [-0.39, 0.29) is 0 Å². The van der Waals surface area contributed by atoms with E-state index in [2.05, 4.69) is 34.7 Å². The Labute approximate surface area is 151 Å². The molecule has 25 heavy (non-hydrogen) atoms. The lowest BCUT2D eigenvalue weighted by Crippen LogP contribution is -2.34. The highest BCUT2D eigenvalue weighted by atomic mass is 35.5. The molecule has 130 valence electrons. The Morgan fingerprint density at radius 1 is 1.12 bits per heavy atom. The molecule has 0 aliphatic heterocycles. The normalized spacial score (nSPS) is 13.3. The van der Waals surface area contributed by atoms with Crippen LogP contribution in [-0.4, -0.2) is 27.3 Å². The van der Waals surface area contributed by atoms with Gasteiger partial charge in [-0.15, -0.1) is 5.10 Å². The molecule has 0 unspecified atom stereocenters. The van der Waals surface area contributed by atoms with E-state index < -0.39 is 5.54 Å². The fraction of sp³-hybridized carbons (Fsp3) is 0.278. The summed E-state index contributed by atoms with van der Waals surface area (Å²) in [6.45, 7) is 4.17. The fourth-order valence-electron chi connectivity index (χ4n) is 2.58. The van der Waals surface area contributed by atoms with Gasteiger partial charge in [-0.25, -0.2) is 0 Å². The number of ether oxygens (including phenoxy) is 1. The van der Waals surface area contributed by atoms with Crippen molar-refractivity contribution in [1.29, 1.82) is 0 Å². The Bertz CT molecular complexity index is 831. The third-order valence-electron chi connectivity index (χ3n) is 4.25. The van der Waals surface area contributed by atoms with Gasteiger partial charge in [0, 0.05) is 10.7 Å². The van der Waals surface area contributed by atoms with Crippen molar-refractivity contribution in [2.75, 3.05) is 12.4 Å². The summed E-state index contributed by atoms with van der Waals surface area (Å²) in [6.07, 6.45) is 0.799. The molecule has 2 aromatic carbocycles. The highest BCUT2D eigenvalue weighted by molar-refractivity contribution is 6.30. The van der Waals surface area contributed by atoms with Crippen LogP contribution in [0.2, 0.25) is 5.02 Å². The zero-order valence-corrected chi connectivity index (χ0v) is 15.2. The average molecular weight is 358 g/mol. The molecule has 0 radical (unpaired) electrons. The van der Waals surface area contributed by atoms with Crippen LogP contribution >= 0.6 is 11.6 Å². The van der Waals surface area contributed by atoms with Crippen molar-refractivity contribution < 1.29 is 4.74 Å². The van der Waals surface area contributed by atoms with E-state index in [1.54, 1.807) is 11.8 Å². The molecule has 6 nitrogen and oxygen atoms in total. The van der Waals surface area contributed by atoms with Crippen molar-refractivity contribution in [3.05, 3.63) is 59.4 Å². The van der Waals surface area contributed by atoms with Crippen LogP contribution in [0.5, 0.6) is 5.75 Å². The number of hydrogen-bond donors (Lipinski definition) is 1. The first-order valence-corrected chi connectivity index (χ1v) is 8.40. The summed E-state index contributed by atoms with van der Waals surface area (Å²) in [5, 5.41) is 16.5. The monoisotopic (exact) mass is 357 g/mol. The molecular formula is C18H20ClN5O. The number of aromatic nitrogens is 4. The highest BCUT2D eigenvalue weighted by Gasteiger charge is 2.31. The molecule has 0 spiro atoms. The van der Waals surface area contributed by atoms with Crippen molar-refractivity contribution in [1.82, 2.24) is 20.2 Å². The summed E-state index contributed by atoms with van der Waals surface area (Å²) in [4.78, 5) is 0. The Balaban J connectivity index is 1.94. The molecule has 0 aliphatic carbocycles. The van der Waals surface area contributed by atoms with Gasteiger partial charge in [-0.3, -0.25) is 0 Å². The molecular weight excluding hydrogens is 338 g/mol. The molecule has 1 N–H and O–H groups in total. The predicted octanol–water partition coefficient (Wildman–Crippen LogP) is 4.06. The van der Waals surface area contributed by atoms with E-state index in [1.807, 2.05) is 48.5 Å². The smallest absolute Gasteiger partial charge is 0.181 e. The van der Waals surface area contributed by atoms with E-state index in [4.69, 9.17) is 16.3 Å². The Kier molecular flexibility index (Phi) is 4.90. The van der Waals surface area contributed by atoms with E-state index in [0.29, 0.717) is 5.02 Å². The van der Waals surface area contributed by atoms with Crippen LogP contribution in [0, 0.1) is 0 Å². The Morgan fingerprint density at radius 2 is 1.80 bits per heavy atom. The lowest BCUT2D eigenvalue weighted by Gasteiger charge is -2.29. The number of hydrogen-bond acceptors (Lipinski definition) is 5. The molecule has 1 aromatic heterocycles. The van der Waals surface area contributed by atoms with Gasteiger partial charge in [0.15, 0.2) is 5.82 Å². The van der Waals surface area contributed by atoms with Gasteiger partial charge in [-0.2, -0.15) is 4.68 Å². The van der Waals surface area contributed by atoms with E-state index >= 15 is 0 Å². The lowest BCUT2D eigenvalue weighted by molar-refractivity contribution is 0.414. The zero-order chi connectivity index (χ0) is 17.9. The van der Waals surface area contributed by atoms with Crippen LogP contribution in [0.4, 0.5) is 5.69 Å². The zero-order valence-electron chi connectivity index (χ0n) is 14.4. The van der Waals surface area contributed by atoms with Crippen LogP contribution in [0.25, 0.3) is 5.69 Å². The predicted molar refractivity (Wildman–Crippen MR) is 98.4 cm³/mol. The van der Waals surface area contributed by atoms with Crippen molar-refractivity contribution in [2.24, 2.45) is 0 Å². The maximum absolute atomic E-state index is 5.98. The summed E-state index contributed by atoms with van der Waals surface area (Å²) in [7, 11) is 1.65. The highest BCUT2D eigenvalue weighted by Crippen LogP contribution is 2.30. The average Bonchev–Trinajstić information content (AvgIpc) is 3.13. The minimum absolute atomic E-state index is 0.447. The molecule has 1 heterocycles. The second-order valence-corrected chi connectivity index (χ2v) is 6.37. The maximum atomic E-state index is 5.98. The number of methoxy groups -OCH3 is 1. The van der Waals surface area contributed by atoms with Gasteiger partial charge < -0.3 is 10.1 Å². The van der Waals surface area contributed by atoms with E-state index in [9.17, 15) is 0 Å². The number of nitrogens with one attached hydrogen (secondary N) is 1. The summed E-state index contributed by atoms with van der Waals surface area (Å²) in [6, 6.07) is 15.2. The number of rotatable bonds is 6. The third-order valence-corrected chi connectivity index (χ3v) is 4.50. The number of tetrazole rings is 1. The number of benzene rings is 2. The molecule has 7 heteroatoms. The maximum Gasteiger partial charge on any atom is 0.181 e. The minimum atomic E-state index is -0.447. The number of anilines is 1. The van der Waals surface area contributed by atoms with Gasteiger partial charge in [0.2, 0.25) is 0 Å². The molecule has 0 aliphatic rings. The Hall–Kier alpha value is -2.60. The van der Waals surface area contributed by atoms with Gasteiger partial charge in [0.05, 0.1) is 18.3 Å². The molecule has 0 bridgehead atoms. The van der Waals surface area contributed by atoms with Gasteiger partial charge >= 0.3 is 0 Å². The van der Waals surface area contributed by atoms with Crippen LogP contribution in [0.15, 0.2) is 48.5 Å². The van der Waals surface area contributed by atoms with Crippen LogP contribution in [0.3, 0.4) is 0 Å². The summed E-state index contributed by atoms with van der Waals surface area (Å²) in [5.41, 5.74) is 1.38. The summed E-state index contributed by atoms with van der Waals surface area (Å²) >= 11 is 5.98. The molecule has 0 saturated carbocycles. The van der Waals surface area contributed by atoms with Crippen LogP contribution in [0.1, 0.15) is 26.1 Å². The first kappa shape index (κ1) is 17.2. The second-order valence-electron chi connectivity index (χ2n) is 5.93. The second kappa shape index (κ2) is 7.11. The molecule has 3 aromatic rings. The van der Waals surface area contributed by atoms with Crippen molar-refractivity contribution in [3.63, 3.8) is 0 Å². The Morgan fingerprint density at radius 3 is 2.40 bits per heavy atom. The van der Waals surface area contributed by atoms with Crippen molar-refractivity contribution in [3.8, 4) is 11.4 Å². The first-order chi connectivity index (χ1) is 12.1. The molecule has 0 amide bonds. The summed E-state index contributed by atoms with van der Waals surface area (Å²) < 4.78 is 6.94. The molecule has 1 atom stereocenters. The minimum Gasteiger partial charge on any atom is -0.497 e. The van der Waals surface area contributed by atoms with Crippen molar-refractivity contribution >= 4 is 17.3 Å². The fourth-order valence-corrected chi connectivity index (χ4v) is 2.71. The largest absolute Gasteiger partial charge is 0.497 e. The lowest BCUT2D eigenvalue weighted by atomic mass is 9.97. The van der Waals surface area contributed by atoms with Crippen LogP contribution in [-0.2, 0) is 5.54 Å². The van der Waals surface area contributed by atoms with E-state index in [0.717, 1.165) is 29.4 Å². The van der Waals surface area contributed by atoms with Gasteiger partial charge in [-0.1, -0.05) is 18.5 Å². The van der Waals surface area contributed by atoms with Gasteiger partial charge in [0.25, 0.3) is 0 Å². The molecule has 3 rings (SSSR count). The van der Waals surface area contributed by atoms with Gasteiger partial charge in [0.1, 0.15) is 5.75 Å². The van der Waals surface area contributed by atoms with Crippen molar-refractivity contribution in [2.45, 2.75) is 25.8 Å². The SMILES string of the molecule is CC[C@](C)(Nc1ccc(OC)cc1)c1nnnn1-c1ccc(Cl)cc1. The number of halogens is 1.